The SMILES string of the molecule is CN(CC(O)COc1ccccc1)[C@@H]1[C@@H](CC=CCCCC(=O)O)[C@@H](OCc2ccccc2)C[C@H]1O. The van der Waals surface area contributed by atoms with Crippen LogP contribution < -0.4 is 4.74 Å². The number of carboxylic acid groups (broad SMARTS) is 1. The van der Waals surface area contributed by atoms with Gasteiger partial charge in [-0.05, 0) is 44.0 Å². The number of nitrogens with zero attached hydrogens (tertiary/aromatic N) is 1. The zero-order valence-corrected chi connectivity index (χ0v) is 21.0. The van der Waals surface area contributed by atoms with E-state index in [-0.39, 0.29) is 31.1 Å². The van der Waals surface area contributed by atoms with Gasteiger partial charge >= 0.3 is 5.97 Å². The first kappa shape index (κ1) is 27.9. The zero-order valence-electron chi connectivity index (χ0n) is 21.0. The number of unbranched alkanes of at least 4 members (excludes halogenated alkanes) is 1. The summed E-state index contributed by atoms with van der Waals surface area (Å²) in [7, 11) is 1.92. The standard InChI is InChI=1S/C29H39NO6/c1-30(19-23(31)21-35-24-14-8-5-9-15-24)29-25(16-10-2-3-11-17-28(33)34)27(18-26(29)32)36-20-22-12-6-4-7-13-22/h2,4-10,12-15,23,25-27,29,31-32H,3,11,16-21H2,1H3,(H,33,34)/t23?,25-,26+,27-,29+/m0/s1. The zero-order chi connectivity index (χ0) is 25.8. The normalized spacial score (nSPS) is 22.8. The van der Waals surface area contributed by atoms with Gasteiger partial charge in [0.05, 0.1) is 18.8 Å². The highest BCUT2D eigenvalue weighted by Crippen LogP contribution is 2.36. The highest BCUT2D eigenvalue weighted by molar-refractivity contribution is 5.66. The Bertz CT molecular complexity index is 922. The lowest BCUT2D eigenvalue weighted by Crippen LogP contribution is -2.47. The molecule has 2 aromatic carbocycles. The molecular formula is C29H39NO6. The molecule has 0 bridgehead atoms. The topological polar surface area (TPSA) is 99.5 Å². The summed E-state index contributed by atoms with van der Waals surface area (Å²) in [6.45, 7) is 0.999. The maximum atomic E-state index is 11.0. The van der Waals surface area contributed by atoms with E-state index in [2.05, 4.69) is 6.08 Å². The summed E-state index contributed by atoms with van der Waals surface area (Å²) < 4.78 is 12.0. The molecular weight excluding hydrogens is 458 g/mol. The molecule has 196 valence electrons. The average molecular weight is 498 g/mol. The minimum absolute atomic E-state index is 0.0340. The van der Waals surface area contributed by atoms with E-state index in [0.29, 0.717) is 44.6 Å². The summed E-state index contributed by atoms with van der Waals surface area (Å²) in [6, 6.07) is 19.2. The number of hydrogen-bond donors (Lipinski definition) is 3. The number of rotatable bonds is 15. The molecule has 0 spiro atoms. The van der Waals surface area contributed by atoms with Crippen LogP contribution in [0.2, 0.25) is 0 Å². The molecule has 0 aliphatic heterocycles. The van der Waals surface area contributed by atoms with Crippen LogP contribution in [0.15, 0.2) is 72.8 Å². The number of carboxylic acids is 1. The molecule has 0 heterocycles. The second-order valence-electron chi connectivity index (χ2n) is 9.50. The first-order chi connectivity index (χ1) is 17.4. The largest absolute Gasteiger partial charge is 0.491 e. The maximum absolute atomic E-state index is 11.0. The predicted octanol–water partition coefficient (Wildman–Crippen LogP) is 3.89. The Morgan fingerprint density at radius 1 is 1.11 bits per heavy atom. The van der Waals surface area contributed by atoms with Crippen LogP contribution in [0.4, 0.5) is 0 Å². The summed E-state index contributed by atoms with van der Waals surface area (Å²) in [5, 5.41) is 30.4. The Labute approximate surface area is 214 Å². The second kappa shape index (κ2) is 14.8. The van der Waals surface area contributed by atoms with Crippen LogP contribution in [0, 0.1) is 5.92 Å². The van der Waals surface area contributed by atoms with Crippen molar-refractivity contribution in [3.05, 3.63) is 78.4 Å². The van der Waals surface area contributed by atoms with Gasteiger partial charge in [-0.3, -0.25) is 9.69 Å². The molecule has 0 saturated heterocycles. The van der Waals surface area contributed by atoms with Gasteiger partial charge in [-0.25, -0.2) is 0 Å². The third-order valence-electron chi connectivity index (χ3n) is 6.62. The lowest BCUT2D eigenvalue weighted by molar-refractivity contribution is -0.137. The number of ether oxygens (including phenoxy) is 2. The molecule has 3 N–H and O–H groups in total. The van der Waals surface area contributed by atoms with Crippen LogP contribution in [-0.2, 0) is 16.1 Å². The van der Waals surface area contributed by atoms with Crippen molar-refractivity contribution < 1.29 is 29.6 Å². The number of aliphatic carboxylic acids is 1. The number of likely N-dealkylation sites (N-methyl/N-ethyl adjacent to an activating group) is 1. The van der Waals surface area contributed by atoms with Gasteiger partial charge in [0.2, 0.25) is 0 Å². The minimum Gasteiger partial charge on any atom is -0.491 e. The number of carbonyl (C=O) groups is 1. The fourth-order valence-corrected chi connectivity index (χ4v) is 4.90. The van der Waals surface area contributed by atoms with Gasteiger partial charge in [0, 0.05) is 31.3 Å². The van der Waals surface area contributed by atoms with Crippen LogP contribution in [0.5, 0.6) is 5.75 Å². The van der Waals surface area contributed by atoms with E-state index in [0.717, 1.165) is 5.56 Å². The van der Waals surface area contributed by atoms with Crippen LogP contribution in [0.1, 0.15) is 37.7 Å². The first-order valence-electron chi connectivity index (χ1n) is 12.7. The number of hydrogen-bond acceptors (Lipinski definition) is 6. The lowest BCUT2D eigenvalue weighted by atomic mass is 9.95. The smallest absolute Gasteiger partial charge is 0.303 e. The minimum atomic E-state index is -0.784. The molecule has 36 heavy (non-hydrogen) atoms. The van der Waals surface area contributed by atoms with Gasteiger partial charge in [-0.15, -0.1) is 0 Å². The van der Waals surface area contributed by atoms with Gasteiger partial charge in [0.25, 0.3) is 0 Å². The van der Waals surface area contributed by atoms with Gasteiger partial charge < -0.3 is 24.8 Å². The van der Waals surface area contributed by atoms with E-state index in [1.54, 1.807) is 0 Å². The monoisotopic (exact) mass is 497 g/mol. The predicted molar refractivity (Wildman–Crippen MR) is 139 cm³/mol. The van der Waals surface area contributed by atoms with Crippen molar-refractivity contribution in [3.63, 3.8) is 0 Å². The van der Waals surface area contributed by atoms with Crippen molar-refractivity contribution in [2.75, 3.05) is 20.2 Å². The summed E-state index contributed by atoms with van der Waals surface area (Å²) in [6.07, 6.45) is 5.35. The van der Waals surface area contributed by atoms with E-state index in [4.69, 9.17) is 14.6 Å². The number of aliphatic hydroxyl groups is 2. The lowest BCUT2D eigenvalue weighted by Gasteiger charge is -2.34. The van der Waals surface area contributed by atoms with Crippen molar-refractivity contribution in [2.45, 2.75) is 63.1 Å². The summed E-state index contributed by atoms with van der Waals surface area (Å²) in [5.74, 6) is -0.0414. The van der Waals surface area contributed by atoms with Crippen LogP contribution in [-0.4, -0.2) is 70.7 Å². The van der Waals surface area contributed by atoms with Crippen molar-refractivity contribution in [1.82, 2.24) is 4.90 Å². The van der Waals surface area contributed by atoms with Crippen molar-refractivity contribution in [2.24, 2.45) is 5.92 Å². The van der Waals surface area contributed by atoms with Crippen molar-refractivity contribution in [3.8, 4) is 5.75 Å². The average Bonchev–Trinajstić information content (AvgIpc) is 3.19. The summed E-state index contributed by atoms with van der Waals surface area (Å²) in [4.78, 5) is 12.8. The number of benzene rings is 2. The molecule has 1 aliphatic rings. The fraction of sp³-hybridized carbons (Fsp3) is 0.483. The molecule has 0 amide bonds. The quantitative estimate of drug-likeness (QED) is 0.254. The van der Waals surface area contributed by atoms with E-state index < -0.39 is 18.2 Å². The Balaban J connectivity index is 1.60. The Kier molecular flexibility index (Phi) is 11.4. The Hall–Kier alpha value is -2.71. The van der Waals surface area contributed by atoms with Crippen LogP contribution >= 0.6 is 0 Å². The molecule has 1 aliphatic carbocycles. The first-order valence-corrected chi connectivity index (χ1v) is 12.7. The third-order valence-corrected chi connectivity index (χ3v) is 6.62. The van der Waals surface area contributed by atoms with Gasteiger partial charge in [0.15, 0.2) is 0 Å². The highest BCUT2D eigenvalue weighted by Gasteiger charge is 2.44. The molecule has 3 rings (SSSR count). The molecule has 1 saturated carbocycles. The summed E-state index contributed by atoms with van der Waals surface area (Å²) in [5.41, 5.74) is 1.08. The number of aliphatic hydroxyl groups excluding tert-OH is 2. The van der Waals surface area contributed by atoms with E-state index >= 15 is 0 Å². The van der Waals surface area contributed by atoms with Gasteiger partial charge in [-0.1, -0.05) is 60.7 Å². The molecule has 2 aromatic rings. The molecule has 0 radical (unpaired) electrons. The molecule has 1 fully saturated rings. The molecule has 0 aromatic heterocycles. The molecule has 5 atom stereocenters. The second-order valence-corrected chi connectivity index (χ2v) is 9.50. The summed E-state index contributed by atoms with van der Waals surface area (Å²) >= 11 is 0. The maximum Gasteiger partial charge on any atom is 0.303 e. The Morgan fingerprint density at radius 2 is 1.81 bits per heavy atom. The van der Waals surface area contributed by atoms with Crippen molar-refractivity contribution >= 4 is 5.97 Å². The molecule has 1 unspecified atom stereocenters. The van der Waals surface area contributed by atoms with Gasteiger partial charge in [0.1, 0.15) is 18.5 Å². The number of para-hydroxylation sites is 1. The van der Waals surface area contributed by atoms with Gasteiger partial charge in [-0.2, -0.15) is 0 Å². The Morgan fingerprint density at radius 3 is 2.50 bits per heavy atom. The fourth-order valence-electron chi connectivity index (χ4n) is 4.90. The molecule has 7 heteroatoms. The van der Waals surface area contributed by atoms with Crippen LogP contribution in [0.25, 0.3) is 0 Å². The van der Waals surface area contributed by atoms with E-state index in [9.17, 15) is 15.0 Å². The molecule has 7 nitrogen and oxygen atoms in total. The highest BCUT2D eigenvalue weighted by atomic mass is 16.5. The van der Waals surface area contributed by atoms with E-state index in [1.165, 1.54) is 0 Å². The number of allylic oxidation sites excluding steroid dienone is 2. The van der Waals surface area contributed by atoms with Crippen LogP contribution in [0.3, 0.4) is 0 Å². The third kappa shape index (κ3) is 9.06. The van der Waals surface area contributed by atoms with Crippen molar-refractivity contribution in [1.29, 1.82) is 0 Å². The van der Waals surface area contributed by atoms with E-state index in [1.807, 2.05) is 78.7 Å².